The molecule has 5 aromatic rings. The molecule has 0 fully saturated rings. The van der Waals surface area contributed by atoms with E-state index in [0.717, 1.165) is 36.4 Å². The van der Waals surface area contributed by atoms with Gasteiger partial charge in [0.25, 0.3) is 0 Å². The first-order valence-corrected chi connectivity index (χ1v) is 12.0. The lowest BCUT2D eigenvalue weighted by molar-refractivity contribution is 0.826. The first-order valence-electron chi connectivity index (χ1n) is 12.0. The van der Waals surface area contributed by atoms with Gasteiger partial charge >= 0.3 is 0 Å². The van der Waals surface area contributed by atoms with Crippen LogP contribution < -0.4 is 0 Å². The summed E-state index contributed by atoms with van der Waals surface area (Å²) in [6.07, 6.45) is 5.02. The summed E-state index contributed by atoms with van der Waals surface area (Å²) in [6, 6.07) is 38.9. The van der Waals surface area contributed by atoms with E-state index in [4.69, 9.17) is 9.98 Å². The summed E-state index contributed by atoms with van der Waals surface area (Å²) < 4.78 is 0. The van der Waals surface area contributed by atoms with Crippen molar-refractivity contribution in [2.24, 2.45) is 4.99 Å². The highest BCUT2D eigenvalue weighted by Crippen LogP contribution is 2.41. The molecule has 6 rings (SSSR count). The smallest absolute Gasteiger partial charge is 0.0876 e. The standard InChI is InChI=1S/C32H26N2/c1-3-12-24(13-4-1)30(25-14-5-2-6-15-25)28-21-20-23-11-7-8-18-27(23)32(28)34-29-19-9-16-26-17-10-22-33-31(26)29/h1-8,10-15,17-18,20-22,30H,9,16,19H2. The summed E-state index contributed by atoms with van der Waals surface area (Å²) in [6.45, 7) is 0. The third kappa shape index (κ3) is 3.82. The lowest BCUT2D eigenvalue weighted by Crippen LogP contribution is -2.14. The minimum Gasteiger partial charge on any atom is -0.255 e. The van der Waals surface area contributed by atoms with E-state index in [-0.39, 0.29) is 5.92 Å². The fraction of sp³-hybridized carbons (Fsp3) is 0.125. The minimum atomic E-state index is 0.0955. The fourth-order valence-corrected chi connectivity index (χ4v) is 5.18. The van der Waals surface area contributed by atoms with E-state index in [0.29, 0.717) is 0 Å². The van der Waals surface area contributed by atoms with Crippen molar-refractivity contribution in [1.82, 2.24) is 4.98 Å². The van der Waals surface area contributed by atoms with Gasteiger partial charge in [0.15, 0.2) is 0 Å². The number of aromatic nitrogens is 1. The van der Waals surface area contributed by atoms with Crippen LogP contribution in [-0.2, 0) is 6.42 Å². The van der Waals surface area contributed by atoms with Crippen molar-refractivity contribution >= 4 is 22.2 Å². The van der Waals surface area contributed by atoms with Crippen molar-refractivity contribution in [3.05, 3.63) is 143 Å². The van der Waals surface area contributed by atoms with Crippen molar-refractivity contribution in [2.45, 2.75) is 25.2 Å². The molecule has 0 atom stereocenters. The Bertz CT molecular complexity index is 1430. The summed E-state index contributed by atoms with van der Waals surface area (Å²) in [7, 11) is 0. The second-order valence-electron chi connectivity index (χ2n) is 8.90. The van der Waals surface area contributed by atoms with Gasteiger partial charge in [-0.15, -0.1) is 0 Å². The molecule has 0 spiro atoms. The third-order valence-electron chi connectivity index (χ3n) is 6.78. The Hall–Kier alpha value is -4.04. The predicted octanol–water partition coefficient (Wildman–Crippen LogP) is 7.87. The number of pyridine rings is 1. The lowest BCUT2D eigenvalue weighted by atomic mass is 9.83. The average Bonchev–Trinajstić information content (AvgIpc) is 2.91. The molecule has 34 heavy (non-hydrogen) atoms. The number of rotatable bonds is 4. The second-order valence-corrected chi connectivity index (χ2v) is 8.90. The van der Waals surface area contributed by atoms with E-state index < -0.39 is 0 Å². The topological polar surface area (TPSA) is 25.2 Å². The molecular formula is C32H26N2. The molecule has 1 heterocycles. The third-order valence-corrected chi connectivity index (χ3v) is 6.78. The predicted molar refractivity (Wildman–Crippen MR) is 141 cm³/mol. The molecule has 164 valence electrons. The van der Waals surface area contributed by atoms with Gasteiger partial charge in [0.1, 0.15) is 0 Å². The molecule has 0 bridgehead atoms. The van der Waals surface area contributed by atoms with E-state index in [9.17, 15) is 0 Å². The Labute approximate surface area is 200 Å². The normalized spacial score (nSPS) is 14.4. The number of benzene rings is 4. The largest absolute Gasteiger partial charge is 0.255 e. The number of hydrogen-bond donors (Lipinski definition) is 0. The van der Waals surface area contributed by atoms with Gasteiger partial charge in [-0.2, -0.15) is 0 Å². The molecule has 0 N–H and O–H groups in total. The molecule has 2 nitrogen and oxygen atoms in total. The number of aliphatic imine (C=N–C) groups is 1. The maximum atomic E-state index is 5.41. The monoisotopic (exact) mass is 438 g/mol. The second kappa shape index (κ2) is 9.07. The molecule has 1 aliphatic carbocycles. The zero-order chi connectivity index (χ0) is 22.7. The van der Waals surface area contributed by atoms with Crippen LogP contribution in [0.25, 0.3) is 10.8 Å². The van der Waals surface area contributed by atoms with Crippen molar-refractivity contribution in [3.63, 3.8) is 0 Å². The van der Waals surface area contributed by atoms with E-state index in [1.54, 1.807) is 0 Å². The first kappa shape index (κ1) is 20.6. The highest BCUT2D eigenvalue weighted by molar-refractivity contribution is 6.05. The summed E-state index contributed by atoms with van der Waals surface area (Å²) in [5.74, 6) is 0.0955. The Morgan fingerprint density at radius 1 is 0.647 bits per heavy atom. The van der Waals surface area contributed by atoms with E-state index in [2.05, 4.69) is 103 Å². The molecule has 0 amide bonds. The first-order chi connectivity index (χ1) is 16.9. The van der Waals surface area contributed by atoms with Crippen molar-refractivity contribution in [2.75, 3.05) is 0 Å². The highest BCUT2D eigenvalue weighted by atomic mass is 14.8. The van der Waals surface area contributed by atoms with Gasteiger partial charge in [0.05, 0.1) is 17.1 Å². The van der Waals surface area contributed by atoms with Gasteiger partial charge in [-0.3, -0.25) is 9.98 Å². The molecule has 1 aromatic heterocycles. The van der Waals surface area contributed by atoms with Crippen LogP contribution in [-0.4, -0.2) is 10.7 Å². The molecule has 0 saturated heterocycles. The molecule has 2 heteroatoms. The maximum absolute atomic E-state index is 5.41. The highest BCUT2D eigenvalue weighted by Gasteiger charge is 2.23. The van der Waals surface area contributed by atoms with Gasteiger partial charge in [0.2, 0.25) is 0 Å². The van der Waals surface area contributed by atoms with E-state index in [1.807, 2.05) is 12.3 Å². The zero-order valence-electron chi connectivity index (χ0n) is 19.1. The van der Waals surface area contributed by atoms with Crippen LogP contribution in [0.5, 0.6) is 0 Å². The zero-order valence-corrected chi connectivity index (χ0v) is 19.1. The number of hydrogen-bond acceptors (Lipinski definition) is 2. The fourth-order valence-electron chi connectivity index (χ4n) is 5.18. The Morgan fingerprint density at radius 2 is 1.35 bits per heavy atom. The van der Waals surface area contributed by atoms with Crippen molar-refractivity contribution in [3.8, 4) is 0 Å². The minimum absolute atomic E-state index is 0.0955. The van der Waals surface area contributed by atoms with Gasteiger partial charge in [-0.25, -0.2) is 0 Å². The maximum Gasteiger partial charge on any atom is 0.0876 e. The van der Waals surface area contributed by atoms with Crippen molar-refractivity contribution in [1.29, 1.82) is 0 Å². The summed E-state index contributed by atoms with van der Waals surface area (Å²) >= 11 is 0. The van der Waals surface area contributed by atoms with Crippen molar-refractivity contribution < 1.29 is 0 Å². The van der Waals surface area contributed by atoms with Crippen LogP contribution in [0.1, 0.15) is 46.7 Å². The molecular weight excluding hydrogens is 412 g/mol. The molecule has 4 aromatic carbocycles. The van der Waals surface area contributed by atoms with Crippen LogP contribution in [0.15, 0.2) is 120 Å². The molecule has 0 aliphatic heterocycles. The number of nitrogens with zero attached hydrogens (tertiary/aromatic N) is 2. The number of aryl methyl sites for hydroxylation is 1. The average molecular weight is 439 g/mol. The van der Waals surface area contributed by atoms with E-state index in [1.165, 1.54) is 33.0 Å². The van der Waals surface area contributed by atoms with Gasteiger partial charge in [-0.05, 0) is 53.0 Å². The molecule has 1 aliphatic rings. The quantitative estimate of drug-likeness (QED) is 0.262. The lowest BCUT2D eigenvalue weighted by Gasteiger charge is -2.23. The van der Waals surface area contributed by atoms with Gasteiger partial charge in [0, 0.05) is 17.5 Å². The molecule has 0 unspecified atom stereocenters. The summed E-state index contributed by atoms with van der Waals surface area (Å²) in [5, 5.41) is 2.40. The van der Waals surface area contributed by atoms with Gasteiger partial charge in [-0.1, -0.05) is 103 Å². The Morgan fingerprint density at radius 3 is 2.12 bits per heavy atom. The SMILES string of the molecule is c1ccc(C(c2ccccc2)c2ccc3ccccc3c2N=C2CCCc3cccnc32)cc1. The van der Waals surface area contributed by atoms with Gasteiger partial charge < -0.3 is 0 Å². The summed E-state index contributed by atoms with van der Waals surface area (Å²) in [4.78, 5) is 10.2. The van der Waals surface area contributed by atoms with Crippen LogP contribution >= 0.6 is 0 Å². The van der Waals surface area contributed by atoms with E-state index >= 15 is 0 Å². The Balaban J connectivity index is 1.63. The van der Waals surface area contributed by atoms with Crippen LogP contribution in [0.3, 0.4) is 0 Å². The van der Waals surface area contributed by atoms with Crippen LogP contribution in [0.4, 0.5) is 5.69 Å². The van der Waals surface area contributed by atoms with Crippen LogP contribution in [0.2, 0.25) is 0 Å². The van der Waals surface area contributed by atoms with Crippen LogP contribution in [0, 0.1) is 0 Å². The number of fused-ring (bicyclic) bond motifs is 2. The summed E-state index contributed by atoms with van der Waals surface area (Å²) in [5.41, 5.74) is 8.29. The Kier molecular flexibility index (Phi) is 5.48. The molecule has 0 saturated carbocycles. The molecule has 0 radical (unpaired) electrons.